The molecule has 2 nitrogen and oxygen atoms in total. The topological polar surface area (TPSA) is 15.6 Å². The summed E-state index contributed by atoms with van der Waals surface area (Å²) in [6.45, 7) is 4.00. The molecule has 1 aromatic rings. The Bertz CT molecular complexity index is 292. The predicted octanol–water partition coefficient (Wildman–Crippen LogP) is 2.86. The van der Waals surface area contributed by atoms with Crippen molar-refractivity contribution in [2.45, 2.75) is 13.8 Å². The van der Waals surface area contributed by atoms with Crippen LogP contribution in [0.1, 0.15) is 13.8 Å². The molecule has 0 aliphatic rings. The maximum Gasteiger partial charge on any atom is 0.0630 e. The fourth-order valence-electron chi connectivity index (χ4n) is 1.08. The predicted molar refractivity (Wildman–Crippen MR) is 59.2 cm³/mol. The van der Waals surface area contributed by atoms with Crippen LogP contribution in [-0.2, 0) is 0 Å². The van der Waals surface area contributed by atoms with Crippen molar-refractivity contribution in [1.82, 2.24) is 0 Å². The lowest BCUT2D eigenvalue weighted by molar-refractivity contribution is 1.13. The summed E-state index contributed by atoms with van der Waals surface area (Å²) in [4.78, 5) is 6.43. The van der Waals surface area contributed by atoms with Crippen LogP contribution < -0.4 is 4.90 Å². The Morgan fingerprint density at radius 2 is 1.62 bits per heavy atom. The molecule has 0 amide bonds. The van der Waals surface area contributed by atoms with Gasteiger partial charge in [0.15, 0.2) is 0 Å². The molecule has 2 heteroatoms. The molecule has 13 heavy (non-hydrogen) atoms. The van der Waals surface area contributed by atoms with E-state index in [1.54, 1.807) is 0 Å². The van der Waals surface area contributed by atoms with Gasteiger partial charge < -0.3 is 4.90 Å². The van der Waals surface area contributed by atoms with Crippen LogP contribution in [-0.4, -0.2) is 19.8 Å². The first-order valence-electron chi connectivity index (χ1n) is 4.39. The fraction of sp³-hybridized carbons (Fsp3) is 0.364. The Labute approximate surface area is 79.9 Å². The molecule has 0 saturated heterocycles. The van der Waals surface area contributed by atoms with Crippen LogP contribution >= 0.6 is 0 Å². The van der Waals surface area contributed by atoms with Gasteiger partial charge in [-0.3, -0.25) is 4.99 Å². The highest BCUT2D eigenvalue weighted by Gasteiger charge is 1.93. The first kappa shape index (κ1) is 9.78. The first-order chi connectivity index (χ1) is 6.09. The lowest BCUT2D eigenvalue weighted by Gasteiger charge is -2.11. The highest BCUT2D eigenvalue weighted by molar-refractivity contribution is 5.82. The van der Waals surface area contributed by atoms with E-state index in [0.717, 1.165) is 11.4 Å². The van der Waals surface area contributed by atoms with Crippen LogP contribution in [0.25, 0.3) is 0 Å². The number of aliphatic imine (C=N–C) groups is 1. The molecule has 0 aromatic heterocycles. The molecule has 0 fully saturated rings. The molecule has 0 N–H and O–H groups in total. The van der Waals surface area contributed by atoms with Crippen LogP contribution in [0.4, 0.5) is 11.4 Å². The van der Waals surface area contributed by atoms with Crippen molar-refractivity contribution in [2.24, 2.45) is 4.99 Å². The van der Waals surface area contributed by atoms with E-state index in [9.17, 15) is 0 Å². The van der Waals surface area contributed by atoms with Gasteiger partial charge in [0.1, 0.15) is 0 Å². The highest BCUT2D eigenvalue weighted by Crippen LogP contribution is 2.17. The Morgan fingerprint density at radius 3 is 2.00 bits per heavy atom. The number of anilines is 1. The Kier molecular flexibility index (Phi) is 3.07. The molecule has 1 rings (SSSR count). The van der Waals surface area contributed by atoms with E-state index in [0.29, 0.717) is 0 Å². The molecule has 0 aliphatic heterocycles. The Morgan fingerprint density at radius 1 is 1.08 bits per heavy atom. The zero-order chi connectivity index (χ0) is 9.84. The molecule has 0 aliphatic carbocycles. The Hall–Kier alpha value is -1.31. The summed E-state index contributed by atoms with van der Waals surface area (Å²) in [6, 6.07) is 8.20. The van der Waals surface area contributed by atoms with E-state index < -0.39 is 0 Å². The van der Waals surface area contributed by atoms with Crippen molar-refractivity contribution in [2.75, 3.05) is 19.0 Å². The minimum Gasteiger partial charge on any atom is -0.378 e. The van der Waals surface area contributed by atoms with Crippen LogP contribution in [0, 0.1) is 0 Å². The van der Waals surface area contributed by atoms with Gasteiger partial charge in [-0.15, -0.1) is 0 Å². The average molecular weight is 176 g/mol. The second-order valence-electron chi connectivity index (χ2n) is 3.47. The third-order valence-corrected chi connectivity index (χ3v) is 1.72. The maximum absolute atomic E-state index is 4.36. The van der Waals surface area contributed by atoms with Crippen molar-refractivity contribution in [1.29, 1.82) is 0 Å². The van der Waals surface area contributed by atoms with Gasteiger partial charge >= 0.3 is 0 Å². The number of nitrogens with zero attached hydrogens (tertiary/aromatic N) is 2. The largest absolute Gasteiger partial charge is 0.378 e. The standard InChI is InChI=1S/C11H16N2/c1-9(2)12-10-5-7-11(8-6-10)13(3)4/h5-8H,1-4H3. The van der Waals surface area contributed by atoms with Crippen molar-refractivity contribution >= 4 is 17.1 Å². The number of benzene rings is 1. The van der Waals surface area contributed by atoms with E-state index in [2.05, 4.69) is 22.0 Å². The van der Waals surface area contributed by atoms with Crippen molar-refractivity contribution in [3.05, 3.63) is 24.3 Å². The van der Waals surface area contributed by atoms with Gasteiger partial charge in [0.05, 0.1) is 5.69 Å². The van der Waals surface area contributed by atoms with Crippen LogP contribution in [0.3, 0.4) is 0 Å². The van der Waals surface area contributed by atoms with E-state index in [1.807, 2.05) is 40.1 Å². The van der Waals surface area contributed by atoms with E-state index in [4.69, 9.17) is 0 Å². The second kappa shape index (κ2) is 4.08. The monoisotopic (exact) mass is 176 g/mol. The van der Waals surface area contributed by atoms with Crippen molar-refractivity contribution in [3.63, 3.8) is 0 Å². The molecule has 0 atom stereocenters. The molecule has 0 unspecified atom stereocenters. The molecule has 0 bridgehead atoms. The number of rotatable bonds is 2. The molecule has 1 aromatic carbocycles. The van der Waals surface area contributed by atoms with Gasteiger partial charge in [0.25, 0.3) is 0 Å². The summed E-state index contributed by atoms with van der Waals surface area (Å²) in [5.74, 6) is 0. The SMILES string of the molecule is CC(C)=Nc1ccc(N(C)C)cc1. The molecular weight excluding hydrogens is 160 g/mol. The van der Waals surface area contributed by atoms with Gasteiger partial charge in [-0.05, 0) is 38.1 Å². The molecule has 0 spiro atoms. The number of hydrogen-bond acceptors (Lipinski definition) is 2. The third kappa shape index (κ3) is 2.90. The zero-order valence-corrected chi connectivity index (χ0v) is 8.70. The van der Waals surface area contributed by atoms with E-state index >= 15 is 0 Å². The summed E-state index contributed by atoms with van der Waals surface area (Å²) < 4.78 is 0. The minimum atomic E-state index is 1.02. The lowest BCUT2D eigenvalue weighted by atomic mass is 10.2. The van der Waals surface area contributed by atoms with Crippen molar-refractivity contribution < 1.29 is 0 Å². The number of hydrogen-bond donors (Lipinski definition) is 0. The summed E-state index contributed by atoms with van der Waals surface area (Å²) in [5.41, 5.74) is 3.30. The molecule has 0 heterocycles. The van der Waals surface area contributed by atoms with Gasteiger partial charge in [0.2, 0.25) is 0 Å². The van der Waals surface area contributed by atoms with E-state index in [-0.39, 0.29) is 0 Å². The minimum absolute atomic E-state index is 1.02. The second-order valence-corrected chi connectivity index (χ2v) is 3.47. The van der Waals surface area contributed by atoms with Crippen LogP contribution in [0.2, 0.25) is 0 Å². The maximum atomic E-state index is 4.36. The van der Waals surface area contributed by atoms with Gasteiger partial charge in [-0.1, -0.05) is 0 Å². The van der Waals surface area contributed by atoms with Crippen LogP contribution in [0.5, 0.6) is 0 Å². The quantitative estimate of drug-likeness (QED) is 0.633. The summed E-state index contributed by atoms with van der Waals surface area (Å²) in [5, 5.41) is 0. The summed E-state index contributed by atoms with van der Waals surface area (Å²) in [7, 11) is 4.06. The van der Waals surface area contributed by atoms with Crippen molar-refractivity contribution in [3.8, 4) is 0 Å². The third-order valence-electron chi connectivity index (χ3n) is 1.72. The van der Waals surface area contributed by atoms with Gasteiger partial charge in [-0.2, -0.15) is 0 Å². The normalized spacial score (nSPS) is 9.54. The summed E-state index contributed by atoms with van der Waals surface area (Å²) >= 11 is 0. The van der Waals surface area contributed by atoms with Gasteiger partial charge in [0, 0.05) is 25.5 Å². The smallest absolute Gasteiger partial charge is 0.0630 e. The molecular formula is C11H16N2. The van der Waals surface area contributed by atoms with Gasteiger partial charge in [-0.25, -0.2) is 0 Å². The summed E-state index contributed by atoms with van der Waals surface area (Å²) in [6.07, 6.45) is 0. The Balaban J connectivity index is 2.88. The zero-order valence-electron chi connectivity index (χ0n) is 8.70. The highest BCUT2D eigenvalue weighted by atomic mass is 15.1. The molecule has 0 saturated carbocycles. The first-order valence-corrected chi connectivity index (χ1v) is 4.39. The van der Waals surface area contributed by atoms with E-state index in [1.165, 1.54) is 5.69 Å². The molecule has 0 radical (unpaired) electrons. The fourth-order valence-corrected chi connectivity index (χ4v) is 1.08. The lowest BCUT2D eigenvalue weighted by Crippen LogP contribution is -2.07. The van der Waals surface area contributed by atoms with Crippen LogP contribution in [0.15, 0.2) is 29.3 Å². The average Bonchev–Trinajstić information content (AvgIpc) is 2.04. The molecule has 70 valence electrons.